The Morgan fingerprint density at radius 2 is 1.79 bits per heavy atom. The van der Waals surface area contributed by atoms with Gasteiger partial charge < -0.3 is 15.8 Å². The minimum Gasteiger partial charge on any atom is -0.449 e. The molecule has 0 aromatic carbocycles. The minimum atomic E-state index is -0.357. The molecule has 6 atom stereocenters. The molecule has 2 rings (SSSR count). The lowest BCUT2D eigenvalue weighted by Crippen LogP contribution is -2.23. The standard InChI is InChI=1S/C20H32N2O2/c1-4-14-8-17(18(9-14)12-21)7-6-15-10-16(5-2)19(11-15)13-24-20(23)22-3/h4-7,14-19H,1-2,8-13,21H2,3H3,(H,22,23). The van der Waals surface area contributed by atoms with Crippen molar-refractivity contribution in [3.63, 3.8) is 0 Å². The molecule has 0 aromatic heterocycles. The fourth-order valence-electron chi connectivity index (χ4n) is 4.30. The van der Waals surface area contributed by atoms with Gasteiger partial charge in [-0.2, -0.15) is 0 Å². The van der Waals surface area contributed by atoms with Gasteiger partial charge in [-0.3, -0.25) is 0 Å². The van der Waals surface area contributed by atoms with Gasteiger partial charge in [-0.15, -0.1) is 13.2 Å². The van der Waals surface area contributed by atoms with Gasteiger partial charge in [0.05, 0.1) is 6.61 Å². The van der Waals surface area contributed by atoms with Crippen LogP contribution in [0.1, 0.15) is 25.7 Å². The van der Waals surface area contributed by atoms with E-state index in [0.29, 0.717) is 42.1 Å². The summed E-state index contributed by atoms with van der Waals surface area (Å²) in [6.45, 7) is 9.10. The third kappa shape index (κ3) is 4.73. The lowest BCUT2D eigenvalue weighted by molar-refractivity contribution is 0.123. The molecule has 2 saturated carbocycles. The number of hydrogen-bond donors (Lipinski definition) is 2. The lowest BCUT2D eigenvalue weighted by atomic mass is 9.93. The van der Waals surface area contributed by atoms with Crippen molar-refractivity contribution in [1.82, 2.24) is 5.32 Å². The Labute approximate surface area is 146 Å². The minimum absolute atomic E-state index is 0.357. The van der Waals surface area contributed by atoms with Crippen LogP contribution in [-0.2, 0) is 4.74 Å². The fraction of sp³-hybridized carbons (Fsp3) is 0.650. The van der Waals surface area contributed by atoms with Crippen molar-refractivity contribution < 1.29 is 9.53 Å². The van der Waals surface area contributed by atoms with Crippen LogP contribution in [0.25, 0.3) is 0 Å². The molecule has 3 N–H and O–H groups in total. The normalized spacial score (nSPS) is 35.9. The maximum absolute atomic E-state index is 11.3. The van der Waals surface area contributed by atoms with Crippen LogP contribution in [0.5, 0.6) is 0 Å². The van der Waals surface area contributed by atoms with E-state index in [1.807, 2.05) is 6.08 Å². The van der Waals surface area contributed by atoms with Gasteiger partial charge in [0.15, 0.2) is 0 Å². The molecule has 2 aliphatic carbocycles. The first kappa shape index (κ1) is 18.8. The maximum atomic E-state index is 11.3. The van der Waals surface area contributed by atoms with Crippen LogP contribution in [0.15, 0.2) is 37.5 Å². The maximum Gasteiger partial charge on any atom is 0.406 e. The van der Waals surface area contributed by atoms with Crippen LogP contribution in [0.2, 0.25) is 0 Å². The zero-order chi connectivity index (χ0) is 17.5. The highest BCUT2D eigenvalue weighted by Gasteiger charge is 2.33. The van der Waals surface area contributed by atoms with E-state index in [9.17, 15) is 4.79 Å². The summed E-state index contributed by atoms with van der Waals surface area (Å²) in [5, 5.41) is 2.50. The average Bonchev–Trinajstić information content (AvgIpc) is 3.20. The molecule has 2 aliphatic rings. The zero-order valence-electron chi connectivity index (χ0n) is 14.8. The molecule has 0 spiro atoms. The summed E-state index contributed by atoms with van der Waals surface area (Å²) in [5.74, 6) is 3.07. The number of ether oxygens (including phenoxy) is 1. The summed E-state index contributed by atoms with van der Waals surface area (Å²) in [7, 11) is 1.58. The number of nitrogens with two attached hydrogens (primary N) is 1. The van der Waals surface area contributed by atoms with E-state index >= 15 is 0 Å². The third-order valence-electron chi connectivity index (χ3n) is 5.77. The average molecular weight is 332 g/mol. The smallest absolute Gasteiger partial charge is 0.406 e. The van der Waals surface area contributed by atoms with Crippen molar-refractivity contribution in [2.45, 2.75) is 25.7 Å². The van der Waals surface area contributed by atoms with Crippen molar-refractivity contribution in [3.05, 3.63) is 37.5 Å². The number of amides is 1. The van der Waals surface area contributed by atoms with Gasteiger partial charge in [0, 0.05) is 13.0 Å². The number of alkyl carbamates (subject to hydrolysis) is 1. The van der Waals surface area contributed by atoms with Gasteiger partial charge in [-0.1, -0.05) is 24.3 Å². The molecule has 0 saturated heterocycles. The zero-order valence-corrected chi connectivity index (χ0v) is 14.8. The van der Waals surface area contributed by atoms with Crippen LogP contribution in [0, 0.1) is 35.5 Å². The second kappa shape index (κ2) is 9.07. The molecule has 4 nitrogen and oxygen atoms in total. The van der Waals surface area contributed by atoms with Gasteiger partial charge in [0.1, 0.15) is 0 Å². The number of carbonyl (C=O) groups excluding carboxylic acids is 1. The Kier molecular flexibility index (Phi) is 7.10. The Bertz CT molecular complexity index is 474. The first-order chi connectivity index (χ1) is 11.6. The van der Waals surface area contributed by atoms with Crippen molar-refractivity contribution in [2.24, 2.45) is 41.2 Å². The number of nitrogens with one attached hydrogen (secondary N) is 1. The summed E-state index contributed by atoms with van der Waals surface area (Å²) in [6, 6.07) is 0. The topological polar surface area (TPSA) is 64.3 Å². The number of rotatable bonds is 7. The number of hydrogen-bond acceptors (Lipinski definition) is 3. The summed E-state index contributed by atoms with van der Waals surface area (Å²) < 4.78 is 5.25. The van der Waals surface area contributed by atoms with Crippen molar-refractivity contribution in [1.29, 1.82) is 0 Å². The lowest BCUT2D eigenvalue weighted by Gasteiger charge is -2.15. The fourth-order valence-corrected chi connectivity index (χ4v) is 4.30. The van der Waals surface area contributed by atoms with Gasteiger partial charge in [0.2, 0.25) is 0 Å². The van der Waals surface area contributed by atoms with Crippen LogP contribution in [0.4, 0.5) is 4.79 Å². The largest absolute Gasteiger partial charge is 0.449 e. The van der Waals surface area contributed by atoms with E-state index in [-0.39, 0.29) is 6.09 Å². The monoisotopic (exact) mass is 332 g/mol. The number of carbonyl (C=O) groups is 1. The Morgan fingerprint density at radius 1 is 1.08 bits per heavy atom. The molecule has 6 unspecified atom stereocenters. The van der Waals surface area contributed by atoms with E-state index in [0.717, 1.165) is 25.8 Å². The van der Waals surface area contributed by atoms with E-state index in [2.05, 4.69) is 36.7 Å². The molecule has 0 heterocycles. The van der Waals surface area contributed by atoms with Gasteiger partial charge in [-0.05, 0) is 61.8 Å². The molecule has 2 fully saturated rings. The van der Waals surface area contributed by atoms with Crippen molar-refractivity contribution in [2.75, 3.05) is 20.2 Å². The van der Waals surface area contributed by atoms with Gasteiger partial charge in [0.25, 0.3) is 0 Å². The third-order valence-corrected chi connectivity index (χ3v) is 5.77. The second-order valence-electron chi connectivity index (χ2n) is 7.25. The Hall–Kier alpha value is -1.55. The molecule has 24 heavy (non-hydrogen) atoms. The highest BCUT2D eigenvalue weighted by Crippen LogP contribution is 2.41. The Balaban J connectivity index is 1.89. The van der Waals surface area contributed by atoms with Crippen LogP contribution in [-0.4, -0.2) is 26.3 Å². The first-order valence-corrected chi connectivity index (χ1v) is 9.09. The molecule has 0 aromatic rings. The predicted molar refractivity (Wildman–Crippen MR) is 98.4 cm³/mol. The van der Waals surface area contributed by atoms with Gasteiger partial charge >= 0.3 is 6.09 Å². The summed E-state index contributed by atoms with van der Waals surface area (Å²) >= 11 is 0. The van der Waals surface area contributed by atoms with E-state index in [1.54, 1.807) is 7.05 Å². The number of allylic oxidation sites excluding steroid dienone is 4. The second-order valence-corrected chi connectivity index (χ2v) is 7.25. The summed E-state index contributed by atoms with van der Waals surface area (Å²) in [5.41, 5.74) is 5.94. The first-order valence-electron chi connectivity index (χ1n) is 9.09. The molecule has 4 heteroatoms. The van der Waals surface area contributed by atoms with E-state index in [1.165, 1.54) is 6.42 Å². The quantitative estimate of drug-likeness (QED) is 0.701. The van der Waals surface area contributed by atoms with Gasteiger partial charge in [-0.25, -0.2) is 4.79 Å². The van der Waals surface area contributed by atoms with Crippen LogP contribution >= 0.6 is 0 Å². The molecule has 0 radical (unpaired) electrons. The Morgan fingerprint density at radius 3 is 2.42 bits per heavy atom. The highest BCUT2D eigenvalue weighted by atomic mass is 16.5. The molecule has 0 bridgehead atoms. The highest BCUT2D eigenvalue weighted by molar-refractivity contribution is 5.66. The molecular formula is C20H32N2O2. The van der Waals surface area contributed by atoms with Crippen molar-refractivity contribution in [3.8, 4) is 0 Å². The summed E-state index contributed by atoms with van der Waals surface area (Å²) in [6.07, 6.45) is 13.0. The molecule has 134 valence electrons. The summed E-state index contributed by atoms with van der Waals surface area (Å²) in [4.78, 5) is 11.3. The van der Waals surface area contributed by atoms with Crippen molar-refractivity contribution >= 4 is 6.09 Å². The SMILES string of the molecule is C=CC1CC(C=CC2CC(C=C)C(COC(=O)NC)C2)C(CN)C1. The van der Waals surface area contributed by atoms with E-state index < -0.39 is 0 Å². The van der Waals surface area contributed by atoms with Crippen LogP contribution < -0.4 is 11.1 Å². The van der Waals surface area contributed by atoms with Crippen LogP contribution in [0.3, 0.4) is 0 Å². The van der Waals surface area contributed by atoms with E-state index in [4.69, 9.17) is 10.5 Å². The predicted octanol–water partition coefficient (Wildman–Crippen LogP) is 3.51. The molecule has 1 amide bonds. The molecule has 0 aliphatic heterocycles. The molecular weight excluding hydrogens is 300 g/mol.